The van der Waals surface area contributed by atoms with E-state index in [2.05, 4.69) is 5.32 Å². The SMILES string of the molecule is CCOC(=O)C=C(C)NC(=O)c1ccc([N+](=O)[O-])cc1Cl. The largest absolute Gasteiger partial charge is 0.463 e. The maximum absolute atomic E-state index is 11.9. The number of non-ortho nitro benzene ring substituents is 1. The highest BCUT2D eigenvalue weighted by Gasteiger charge is 2.15. The van der Waals surface area contributed by atoms with Crippen LogP contribution >= 0.6 is 11.6 Å². The molecule has 0 heterocycles. The van der Waals surface area contributed by atoms with Gasteiger partial charge in [0.2, 0.25) is 0 Å². The molecule has 21 heavy (non-hydrogen) atoms. The first-order valence-corrected chi connectivity index (χ1v) is 6.33. The van der Waals surface area contributed by atoms with Crippen molar-refractivity contribution in [3.63, 3.8) is 0 Å². The highest BCUT2D eigenvalue weighted by atomic mass is 35.5. The molecule has 8 heteroatoms. The lowest BCUT2D eigenvalue weighted by molar-refractivity contribution is -0.384. The number of benzene rings is 1. The molecule has 112 valence electrons. The van der Waals surface area contributed by atoms with Gasteiger partial charge in [0.05, 0.1) is 22.1 Å². The van der Waals surface area contributed by atoms with E-state index >= 15 is 0 Å². The Morgan fingerprint density at radius 3 is 2.67 bits per heavy atom. The van der Waals surface area contributed by atoms with Gasteiger partial charge in [-0.15, -0.1) is 0 Å². The van der Waals surface area contributed by atoms with E-state index in [0.717, 1.165) is 12.1 Å². The van der Waals surface area contributed by atoms with Crippen LogP contribution in [0.2, 0.25) is 5.02 Å². The Morgan fingerprint density at radius 2 is 2.14 bits per heavy atom. The first-order chi connectivity index (χ1) is 9.85. The van der Waals surface area contributed by atoms with Gasteiger partial charge < -0.3 is 10.1 Å². The number of nitrogens with zero attached hydrogens (tertiary/aromatic N) is 1. The Bertz CT molecular complexity index is 613. The normalized spacial score (nSPS) is 10.9. The number of hydrogen-bond donors (Lipinski definition) is 1. The van der Waals surface area contributed by atoms with E-state index in [1.54, 1.807) is 6.92 Å². The fraction of sp³-hybridized carbons (Fsp3) is 0.231. The lowest BCUT2D eigenvalue weighted by Gasteiger charge is -2.07. The fourth-order valence-corrected chi connectivity index (χ4v) is 1.71. The molecule has 0 saturated carbocycles. The van der Waals surface area contributed by atoms with Crippen LogP contribution in [0.4, 0.5) is 5.69 Å². The molecule has 0 atom stereocenters. The molecule has 0 bridgehead atoms. The maximum atomic E-state index is 11.9. The molecule has 0 aromatic heterocycles. The van der Waals surface area contributed by atoms with Gasteiger partial charge in [-0.1, -0.05) is 11.6 Å². The molecule has 0 unspecified atom stereocenters. The molecular weight excluding hydrogens is 300 g/mol. The number of rotatable bonds is 5. The predicted octanol–water partition coefficient (Wildman–Crippen LogP) is 2.44. The van der Waals surface area contributed by atoms with Gasteiger partial charge in [-0.2, -0.15) is 0 Å². The van der Waals surface area contributed by atoms with Gasteiger partial charge >= 0.3 is 5.97 Å². The summed E-state index contributed by atoms with van der Waals surface area (Å²) in [4.78, 5) is 33.1. The minimum absolute atomic E-state index is 0.0503. The number of nitrogens with one attached hydrogen (secondary N) is 1. The van der Waals surface area contributed by atoms with Gasteiger partial charge in [0, 0.05) is 23.9 Å². The molecule has 0 aliphatic carbocycles. The van der Waals surface area contributed by atoms with Crippen molar-refractivity contribution >= 4 is 29.2 Å². The molecule has 0 spiro atoms. The summed E-state index contributed by atoms with van der Waals surface area (Å²) in [6.45, 7) is 3.40. The van der Waals surface area contributed by atoms with Crippen molar-refractivity contribution in [3.8, 4) is 0 Å². The van der Waals surface area contributed by atoms with Crippen molar-refractivity contribution in [2.24, 2.45) is 0 Å². The zero-order chi connectivity index (χ0) is 16.0. The number of esters is 1. The number of nitro benzene ring substituents is 1. The number of carbonyl (C=O) groups excluding carboxylic acids is 2. The number of hydrogen-bond acceptors (Lipinski definition) is 5. The number of nitro groups is 1. The van der Waals surface area contributed by atoms with Crippen LogP contribution in [0.3, 0.4) is 0 Å². The van der Waals surface area contributed by atoms with Crippen molar-refractivity contribution in [2.75, 3.05) is 6.61 Å². The molecule has 1 amide bonds. The standard InChI is InChI=1S/C13H13ClN2O5/c1-3-21-12(17)6-8(2)15-13(18)10-5-4-9(16(19)20)7-11(10)14/h4-7H,3H2,1-2H3,(H,15,18). The number of allylic oxidation sites excluding steroid dienone is 1. The molecule has 1 rings (SSSR count). The molecular formula is C13H13ClN2O5. The van der Waals surface area contributed by atoms with Crippen LogP contribution in [0.1, 0.15) is 24.2 Å². The zero-order valence-corrected chi connectivity index (χ0v) is 12.1. The van der Waals surface area contributed by atoms with Crippen LogP contribution in [0.5, 0.6) is 0 Å². The quantitative estimate of drug-likeness (QED) is 0.389. The van der Waals surface area contributed by atoms with E-state index in [9.17, 15) is 19.7 Å². The smallest absolute Gasteiger partial charge is 0.332 e. The molecule has 0 aliphatic heterocycles. The summed E-state index contributed by atoms with van der Waals surface area (Å²) in [5.41, 5.74) is 0.127. The summed E-state index contributed by atoms with van der Waals surface area (Å²) < 4.78 is 4.70. The lowest BCUT2D eigenvalue weighted by Crippen LogP contribution is -2.22. The molecule has 1 aromatic rings. The van der Waals surface area contributed by atoms with Crippen LogP contribution in [-0.2, 0) is 9.53 Å². The maximum Gasteiger partial charge on any atom is 0.332 e. The molecule has 0 radical (unpaired) electrons. The number of carbonyl (C=O) groups is 2. The molecule has 1 N–H and O–H groups in total. The van der Waals surface area contributed by atoms with Crippen LogP contribution in [0.15, 0.2) is 30.0 Å². The van der Waals surface area contributed by atoms with E-state index in [1.807, 2.05) is 0 Å². The van der Waals surface area contributed by atoms with E-state index in [1.165, 1.54) is 19.1 Å². The van der Waals surface area contributed by atoms with Gasteiger partial charge in [-0.3, -0.25) is 14.9 Å². The third-order valence-electron chi connectivity index (χ3n) is 2.34. The molecule has 0 aliphatic rings. The first-order valence-electron chi connectivity index (χ1n) is 5.95. The van der Waals surface area contributed by atoms with Crippen LogP contribution < -0.4 is 5.32 Å². The summed E-state index contributed by atoms with van der Waals surface area (Å²) in [5, 5.41) is 13.0. The second-order valence-corrected chi connectivity index (χ2v) is 4.36. The molecule has 1 aromatic carbocycles. The topological polar surface area (TPSA) is 98.5 Å². The third kappa shape index (κ3) is 4.88. The summed E-state index contributed by atoms with van der Waals surface area (Å²) >= 11 is 5.83. The van der Waals surface area contributed by atoms with Crippen molar-refractivity contribution in [1.82, 2.24) is 5.32 Å². The van der Waals surface area contributed by atoms with Crippen molar-refractivity contribution in [1.29, 1.82) is 0 Å². The summed E-state index contributed by atoms with van der Waals surface area (Å²) in [6, 6.07) is 3.50. The van der Waals surface area contributed by atoms with Crippen LogP contribution in [0, 0.1) is 10.1 Å². The first kappa shape index (κ1) is 16.6. The van der Waals surface area contributed by atoms with Gasteiger partial charge in [-0.05, 0) is 19.9 Å². The monoisotopic (exact) mass is 312 g/mol. The predicted molar refractivity (Wildman–Crippen MR) is 76.0 cm³/mol. The number of halogens is 1. The molecule has 7 nitrogen and oxygen atoms in total. The van der Waals surface area contributed by atoms with Crippen molar-refractivity contribution < 1.29 is 19.2 Å². The second kappa shape index (κ2) is 7.39. The Hall–Kier alpha value is -2.41. The van der Waals surface area contributed by atoms with E-state index in [0.29, 0.717) is 0 Å². The minimum atomic E-state index is -0.612. The fourth-order valence-electron chi connectivity index (χ4n) is 1.44. The van der Waals surface area contributed by atoms with E-state index < -0.39 is 16.8 Å². The van der Waals surface area contributed by atoms with Gasteiger partial charge in [0.1, 0.15) is 0 Å². The Balaban J connectivity index is 2.85. The summed E-state index contributed by atoms with van der Waals surface area (Å²) in [7, 11) is 0. The Labute approximate surface area is 125 Å². The Kier molecular flexibility index (Phi) is 5.86. The van der Waals surface area contributed by atoms with Gasteiger partial charge in [0.15, 0.2) is 0 Å². The average molecular weight is 313 g/mol. The summed E-state index contributed by atoms with van der Waals surface area (Å²) in [6.07, 6.45) is 1.13. The van der Waals surface area contributed by atoms with E-state index in [4.69, 9.17) is 16.3 Å². The second-order valence-electron chi connectivity index (χ2n) is 3.95. The molecule has 0 saturated heterocycles. The third-order valence-corrected chi connectivity index (χ3v) is 2.65. The van der Waals surface area contributed by atoms with Gasteiger partial charge in [0.25, 0.3) is 11.6 Å². The van der Waals surface area contributed by atoms with Crippen LogP contribution in [-0.4, -0.2) is 23.4 Å². The lowest BCUT2D eigenvalue weighted by atomic mass is 10.2. The Morgan fingerprint density at radius 1 is 1.48 bits per heavy atom. The van der Waals surface area contributed by atoms with Crippen molar-refractivity contribution in [2.45, 2.75) is 13.8 Å². The minimum Gasteiger partial charge on any atom is -0.463 e. The van der Waals surface area contributed by atoms with Gasteiger partial charge in [-0.25, -0.2) is 4.79 Å². The zero-order valence-electron chi connectivity index (χ0n) is 11.4. The highest BCUT2D eigenvalue weighted by molar-refractivity contribution is 6.34. The molecule has 0 fully saturated rings. The number of amides is 1. The average Bonchev–Trinajstić information content (AvgIpc) is 2.37. The summed E-state index contributed by atoms with van der Waals surface area (Å²) in [5.74, 6) is -1.15. The number of ether oxygens (including phenoxy) is 1. The van der Waals surface area contributed by atoms with E-state index in [-0.39, 0.29) is 28.6 Å². The van der Waals surface area contributed by atoms with Crippen molar-refractivity contribution in [3.05, 3.63) is 50.7 Å². The highest BCUT2D eigenvalue weighted by Crippen LogP contribution is 2.22. The van der Waals surface area contributed by atoms with Crippen LogP contribution in [0.25, 0.3) is 0 Å².